The number of hydrogen-bond acceptors (Lipinski definition) is 6. The number of fused-ring (bicyclic) bond motifs is 1. The Kier molecular flexibility index (Phi) is 2.79. The molecule has 0 spiro atoms. The Labute approximate surface area is 114 Å². The van der Waals surface area contributed by atoms with Crippen molar-refractivity contribution in [1.29, 1.82) is 0 Å². The fraction of sp³-hybridized carbons (Fsp3) is 0. The van der Waals surface area contributed by atoms with E-state index in [0.29, 0.717) is 16.7 Å². The van der Waals surface area contributed by atoms with Gasteiger partial charge in [0.25, 0.3) is 10.0 Å². The fourth-order valence-corrected chi connectivity index (χ4v) is 2.81. The van der Waals surface area contributed by atoms with Crippen LogP contribution >= 0.6 is 0 Å². The second-order valence-electron chi connectivity index (χ2n) is 4.11. The number of nitrogens with zero attached hydrogens (tertiary/aromatic N) is 2. The number of pyridine rings is 1. The Morgan fingerprint density at radius 2 is 2.05 bits per heavy atom. The number of anilines is 2. The maximum Gasteiger partial charge on any atom is 0.262 e. The lowest BCUT2D eigenvalue weighted by molar-refractivity contribution is 0.420. The quantitative estimate of drug-likeness (QED) is 0.758. The molecule has 8 heteroatoms. The van der Waals surface area contributed by atoms with Gasteiger partial charge in [-0.15, -0.1) is 0 Å². The molecule has 3 rings (SSSR count). The topological polar surface area (TPSA) is 111 Å². The molecule has 2 aromatic heterocycles. The van der Waals surface area contributed by atoms with Crippen LogP contribution in [0.1, 0.15) is 0 Å². The number of aromatic nitrogens is 2. The predicted molar refractivity (Wildman–Crippen MR) is 73.5 cm³/mol. The summed E-state index contributed by atoms with van der Waals surface area (Å²) in [6.07, 6.45) is 2.49. The van der Waals surface area contributed by atoms with Gasteiger partial charge in [0.15, 0.2) is 0 Å². The molecule has 2 heterocycles. The molecule has 0 aliphatic carbocycles. The summed E-state index contributed by atoms with van der Waals surface area (Å²) >= 11 is 0. The largest absolute Gasteiger partial charge is 0.384 e. The minimum absolute atomic E-state index is 0.123. The summed E-state index contributed by atoms with van der Waals surface area (Å²) in [5, 5.41) is 4.12. The minimum atomic E-state index is -3.69. The third-order valence-corrected chi connectivity index (χ3v) is 4.06. The van der Waals surface area contributed by atoms with E-state index in [1.807, 2.05) is 0 Å². The van der Waals surface area contributed by atoms with E-state index < -0.39 is 10.0 Å². The second-order valence-corrected chi connectivity index (χ2v) is 5.79. The lowest BCUT2D eigenvalue weighted by Gasteiger charge is -2.06. The highest BCUT2D eigenvalue weighted by Crippen LogP contribution is 2.21. The van der Waals surface area contributed by atoms with Gasteiger partial charge in [-0.2, -0.15) is 0 Å². The van der Waals surface area contributed by atoms with Gasteiger partial charge < -0.3 is 10.3 Å². The molecule has 0 amide bonds. The Morgan fingerprint density at radius 1 is 1.20 bits per heavy atom. The third kappa shape index (κ3) is 2.28. The van der Waals surface area contributed by atoms with Crippen LogP contribution in [0.5, 0.6) is 0 Å². The van der Waals surface area contributed by atoms with Crippen molar-refractivity contribution < 1.29 is 12.9 Å². The minimum Gasteiger partial charge on any atom is -0.384 e. The molecule has 102 valence electrons. The van der Waals surface area contributed by atoms with Gasteiger partial charge >= 0.3 is 0 Å². The first-order valence-electron chi connectivity index (χ1n) is 5.63. The maximum absolute atomic E-state index is 12.2. The lowest BCUT2D eigenvalue weighted by atomic mass is 10.2. The number of rotatable bonds is 3. The Bertz CT molecular complexity index is 860. The SMILES string of the molecule is Nc1ccc2cc(S(=O)(=O)Nc3cnoc3)ccc2n1. The van der Waals surface area contributed by atoms with Crippen molar-refractivity contribution in [1.82, 2.24) is 10.1 Å². The van der Waals surface area contributed by atoms with Crippen molar-refractivity contribution in [2.24, 2.45) is 0 Å². The van der Waals surface area contributed by atoms with Gasteiger partial charge in [-0.1, -0.05) is 5.16 Å². The lowest BCUT2D eigenvalue weighted by Crippen LogP contribution is -2.12. The van der Waals surface area contributed by atoms with Crippen molar-refractivity contribution in [3.05, 3.63) is 42.8 Å². The van der Waals surface area contributed by atoms with Gasteiger partial charge in [-0.3, -0.25) is 4.72 Å². The number of nitrogen functional groups attached to an aromatic ring is 1. The van der Waals surface area contributed by atoms with Crippen LogP contribution < -0.4 is 10.5 Å². The molecule has 7 nitrogen and oxygen atoms in total. The Balaban J connectivity index is 2.03. The highest BCUT2D eigenvalue weighted by Gasteiger charge is 2.15. The first kappa shape index (κ1) is 12.4. The van der Waals surface area contributed by atoms with Crippen LogP contribution in [0.3, 0.4) is 0 Å². The highest BCUT2D eigenvalue weighted by atomic mass is 32.2. The van der Waals surface area contributed by atoms with Crippen LogP contribution in [0.2, 0.25) is 0 Å². The Hall–Kier alpha value is -2.61. The summed E-state index contributed by atoms with van der Waals surface area (Å²) < 4.78 is 31.3. The van der Waals surface area contributed by atoms with Crippen LogP contribution in [-0.4, -0.2) is 18.6 Å². The summed E-state index contributed by atoms with van der Waals surface area (Å²) in [6.45, 7) is 0. The molecule has 0 radical (unpaired) electrons. The first-order valence-corrected chi connectivity index (χ1v) is 7.11. The van der Waals surface area contributed by atoms with E-state index in [1.165, 1.54) is 24.6 Å². The van der Waals surface area contributed by atoms with Crippen molar-refractivity contribution in [2.45, 2.75) is 4.90 Å². The standard InChI is InChI=1S/C12H10N4O3S/c13-12-4-1-8-5-10(2-3-11(8)15-12)20(17,18)16-9-6-14-19-7-9/h1-7,16H,(H2,13,15). The Morgan fingerprint density at radius 3 is 2.80 bits per heavy atom. The normalized spacial score (nSPS) is 11.6. The number of hydrogen-bond donors (Lipinski definition) is 2. The van der Waals surface area contributed by atoms with Crippen molar-refractivity contribution in [3.63, 3.8) is 0 Å². The molecular formula is C12H10N4O3S. The van der Waals surface area contributed by atoms with E-state index in [0.717, 1.165) is 0 Å². The third-order valence-electron chi connectivity index (χ3n) is 2.68. The van der Waals surface area contributed by atoms with Crippen molar-refractivity contribution in [3.8, 4) is 0 Å². The zero-order valence-electron chi connectivity index (χ0n) is 10.1. The van der Waals surface area contributed by atoms with E-state index in [2.05, 4.69) is 19.4 Å². The molecule has 0 saturated carbocycles. The van der Waals surface area contributed by atoms with E-state index in [1.54, 1.807) is 18.2 Å². The zero-order chi connectivity index (χ0) is 14.2. The van der Waals surface area contributed by atoms with Crippen LogP contribution in [0, 0.1) is 0 Å². The molecule has 3 aromatic rings. The molecule has 20 heavy (non-hydrogen) atoms. The van der Waals surface area contributed by atoms with Gasteiger partial charge in [0, 0.05) is 5.39 Å². The van der Waals surface area contributed by atoms with E-state index in [-0.39, 0.29) is 10.6 Å². The van der Waals surface area contributed by atoms with E-state index in [9.17, 15) is 8.42 Å². The summed E-state index contributed by atoms with van der Waals surface area (Å²) in [5.41, 5.74) is 6.48. The molecule has 0 saturated heterocycles. The summed E-state index contributed by atoms with van der Waals surface area (Å²) in [5.74, 6) is 0.385. The average Bonchev–Trinajstić information content (AvgIpc) is 2.90. The van der Waals surface area contributed by atoms with Gasteiger partial charge in [-0.05, 0) is 30.3 Å². The van der Waals surface area contributed by atoms with Gasteiger partial charge in [-0.25, -0.2) is 13.4 Å². The number of nitrogens with one attached hydrogen (secondary N) is 1. The van der Waals surface area contributed by atoms with Gasteiger partial charge in [0.1, 0.15) is 17.8 Å². The number of benzene rings is 1. The smallest absolute Gasteiger partial charge is 0.262 e. The van der Waals surface area contributed by atoms with Crippen LogP contribution in [0.25, 0.3) is 10.9 Å². The highest BCUT2D eigenvalue weighted by molar-refractivity contribution is 7.92. The molecule has 0 fully saturated rings. The fourth-order valence-electron chi connectivity index (χ4n) is 1.76. The first-order chi connectivity index (χ1) is 9.54. The number of nitrogens with two attached hydrogens (primary N) is 1. The van der Waals surface area contributed by atoms with E-state index >= 15 is 0 Å². The van der Waals surface area contributed by atoms with Crippen LogP contribution in [-0.2, 0) is 10.0 Å². The van der Waals surface area contributed by atoms with Gasteiger partial charge in [0.05, 0.1) is 16.6 Å². The monoisotopic (exact) mass is 290 g/mol. The van der Waals surface area contributed by atoms with Crippen molar-refractivity contribution in [2.75, 3.05) is 10.5 Å². The molecule has 3 N–H and O–H groups in total. The molecule has 0 aliphatic heterocycles. The summed E-state index contributed by atoms with van der Waals surface area (Å²) in [7, 11) is -3.69. The zero-order valence-corrected chi connectivity index (χ0v) is 11.0. The molecular weight excluding hydrogens is 280 g/mol. The second kappa shape index (κ2) is 4.49. The summed E-state index contributed by atoms with van der Waals surface area (Å²) in [4.78, 5) is 4.24. The van der Waals surface area contributed by atoms with Crippen LogP contribution in [0.15, 0.2) is 52.2 Å². The van der Waals surface area contributed by atoms with Crippen molar-refractivity contribution >= 4 is 32.4 Å². The summed E-state index contributed by atoms with van der Waals surface area (Å²) in [6, 6.07) is 7.93. The predicted octanol–water partition coefficient (Wildman–Crippen LogP) is 1.61. The molecule has 0 atom stereocenters. The van der Waals surface area contributed by atoms with Crippen LogP contribution in [0.4, 0.5) is 11.5 Å². The molecule has 0 bridgehead atoms. The van der Waals surface area contributed by atoms with Gasteiger partial charge in [0.2, 0.25) is 0 Å². The molecule has 1 aromatic carbocycles. The van der Waals surface area contributed by atoms with E-state index in [4.69, 9.17) is 5.73 Å². The number of sulfonamides is 1. The average molecular weight is 290 g/mol. The maximum atomic E-state index is 12.2. The molecule has 0 aliphatic rings. The molecule has 0 unspecified atom stereocenters.